The third-order valence-electron chi connectivity index (χ3n) is 3.90. The molecular weight excluding hydrogens is 280 g/mol. The van der Waals surface area contributed by atoms with Gasteiger partial charge < -0.3 is 15.7 Å². The predicted molar refractivity (Wildman–Crippen MR) is 85.6 cm³/mol. The lowest BCUT2D eigenvalue weighted by molar-refractivity contribution is -0.128. The number of rotatable bonds is 4. The summed E-state index contributed by atoms with van der Waals surface area (Å²) in [6.07, 6.45) is 2.74. The lowest BCUT2D eigenvalue weighted by atomic mass is 9.92. The first-order valence-electron chi connectivity index (χ1n) is 7.79. The molecule has 1 saturated carbocycles. The quantitative estimate of drug-likeness (QED) is 0.745. The third-order valence-corrected chi connectivity index (χ3v) is 3.90. The summed E-state index contributed by atoms with van der Waals surface area (Å²) < 4.78 is 0. The molecule has 1 aliphatic rings. The summed E-state index contributed by atoms with van der Waals surface area (Å²) in [6, 6.07) is 5.53. The Kier molecular flexibility index (Phi) is 5.55. The molecule has 0 heterocycles. The van der Waals surface area contributed by atoms with E-state index in [4.69, 9.17) is 0 Å². The highest BCUT2D eigenvalue weighted by atomic mass is 16.3. The van der Waals surface area contributed by atoms with Gasteiger partial charge in [0.25, 0.3) is 0 Å². The number of carbonyl (C=O) groups excluding carboxylic acids is 2. The van der Waals surface area contributed by atoms with Crippen LogP contribution in [0.1, 0.15) is 43.2 Å². The smallest absolute Gasteiger partial charge is 0.233 e. The molecule has 2 atom stereocenters. The van der Waals surface area contributed by atoms with E-state index in [0.29, 0.717) is 12.1 Å². The zero-order chi connectivity index (χ0) is 16.1. The molecule has 3 N–H and O–H groups in total. The number of carbonyl (C=O) groups is 2. The zero-order valence-corrected chi connectivity index (χ0v) is 13.2. The number of aliphatic hydroxyl groups excluding tert-OH is 1. The van der Waals surface area contributed by atoms with Gasteiger partial charge in [0.2, 0.25) is 11.8 Å². The molecule has 1 aliphatic carbocycles. The Morgan fingerprint density at radius 1 is 1.09 bits per heavy atom. The van der Waals surface area contributed by atoms with Crippen LogP contribution in [0, 0.1) is 13.8 Å². The monoisotopic (exact) mass is 304 g/mol. The first-order valence-corrected chi connectivity index (χ1v) is 7.79. The fourth-order valence-electron chi connectivity index (χ4n) is 2.94. The number of hydrogen-bond donors (Lipinski definition) is 3. The maximum Gasteiger partial charge on any atom is 0.233 e. The molecule has 0 unspecified atom stereocenters. The van der Waals surface area contributed by atoms with Crippen LogP contribution < -0.4 is 10.6 Å². The van der Waals surface area contributed by atoms with Crippen LogP contribution in [0.5, 0.6) is 0 Å². The molecule has 0 aromatic heterocycles. The minimum absolute atomic E-state index is 0.226. The summed E-state index contributed by atoms with van der Waals surface area (Å²) in [5.41, 5.74) is 2.82. The van der Waals surface area contributed by atoms with Crippen LogP contribution in [0.25, 0.3) is 0 Å². The average Bonchev–Trinajstić information content (AvgIpc) is 2.39. The van der Waals surface area contributed by atoms with Gasteiger partial charge >= 0.3 is 0 Å². The highest BCUT2D eigenvalue weighted by Crippen LogP contribution is 2.18. The normalized spacial score (nSPS) is 21.2. The molecule has 0 radical (unpaired) electrons. The number of aryl methyl sites for hydroxylation is 2. The second-order valence-corrected chi connectivity index (χ2v) is 6.13. The van der Waals surface area contributed by atoms with Gasteiger partial charge in [-0.05, 0) is 49.9 Å². The Balaban J connectivity index is 1.84. The van der Waals surface area contributed by atoms with Crippen LogP contribution in [0.4, 0.5) is 5.69 Å². The Hall–Kier alpha value is -1.88. The number of amides is 2. The average molecular weight is 304 g/mol. The molecule has 5 heteroatoms. The lowest BCUT2D eigenvalue weighted by Crippen LogP contribution is -2.45. The van der Waals surface area contributed by atoms with Gasteiger partial charge in [-0.2, -0.15) is 0 Å². The van der Waals surface area contributed by atoms with Crippen molar-refractivity contribution >= 4 is 17.5 Å². The summed E-state index contributed by atoms with van der Waals surface area (Å²) >= 11 is 0. The standard InChI is InChI=1S/C17H24N2O3/c1-11-7-12(2)9-13(8-11)18-16(21)10-17(22)19-14-5-3-4-6-15(14)20/h7-9,14-15,20H,3-6,10H2,1-2H3,(H,18,21)(H,19,22)/t14-,15-/m0/s1. The minimum atomic E-state index is -0.500. The SMILES string of the molecule is Cc1cc(C)cc(NC(=O)CC(=O)N[C@H]2CCCC[C@@H]2O)c1. The second kappa shape index (κ2) is 7.40. The highest BCUT2D eigenvalue weighted by molar-refractivity contribution is 6.03. The van der Waals surface area contributed by atoms with Gasteiger partial charge in [-0.3, -0.25) is 9.59 Å². The van der Waals surface area contributed by atoms with E-state index in [1.165, 1.54) is 0 Å². The highest BCUT2D eigenvalue weighted by Gasteiger charge is 2.25. The molecule has 120 valence electrons. The molecule has 0 aliphatic heterocycles. The summed E-state index contributed by atoms with van der Waals surface area (Å²) in [7, 11) is 0. The molecule has 1 aromatic rings. The van der Waals surface area contributed by atoms with Gasteiger partial charge in [0.05, 0.1) is 12.1 Å². The molecule has 1 fully saturated rings. The van der Waals surface area contributed by atoms with E-state index in [9.17, 15) is 14.7 Å². The van der Waals surface area contributed by atoms with E-state index in [0.717, 1.165) is 30.4 Å². The van der Waals surface area contributed by atoms with Crippen molar-refractivity contribution in [2.24, 2.45) is 0 Å². The molecule has 2 rings (SSSR count). The fourth-order valence-corrected chi connectivity index (χ4v) is 2.94. The summed E-state index contributed by atoms with van der Waals surface area (Å²) in [6.45, 7) is 3.92. The number of anilines is 1. The number of aliphatic hydroxyl groups is 1. The van der Waals surface area contributed by atoms with Crippen molar-refractivity contribution in [3.63, 3.8) is 0 Å². The van der Waals surface area contributed by atoms with Crippen molar-refractivity contribution in [3.05, 3.63) is 29.3 Å². The summed E-state index contributed by atoms with van der Waals surface area (Å²) in [5, 5.41) is 15.3. The van der Waals surface area contributed by atoms with E-state index < -0.39 is 6.10 Å². The van der Waals surface area contributed by atoms with Crippen LogP contribution in [0.15, 0.2) is 18.2 Å². The first kappa shape index (κ1) is 16.5. The maximum atomic E-state index is 11.9. The second-order valence-electron chi connectivity index (χ2n) is 6.13. The number of benzene rings is 1. The van der Waals surface area contributed by atoms with Crippen molar-refractivity contribution in [3.8, 4) is 0 Å². The van der Waals surface area contributed by atoms with E-state index in [1.807, 2.05) is 32.0 Å². The van der Waals surface area contributed by atoms with Gasteiger partial charge in [-0.1, -0.05) is 18.9 Å². The van der Waals surface area contributed by atoms with E-state index >= 15 is 0 Å². The van der Waals surface area contributed by atoms with E-state index in [2.05, 4.69) is 10.6 Å². The van der Waals surface area contributed by atoms with Gasteiger partial charge in [-0.15, -0.1) is 0 Å². The Bertz CT molecular complexity index is 537. The zero-order valence-electron chi connectivity index (χ0n) is 13.2. The van der Waals surface area contributed by atoms with Crippen LogP contribution in [-0.2, 0) is 9.59 Å². The molecule has 0 saturated heterocycles. The van der Waals surface area contributed by atoms with Crippen LogP contribution in [0.3, 0.4) is 0 Å². The third kappa shape index (κ3) is 4.84. The number of nitrogens with one attached hydrogen (secondary N) is 2. The Morgan fingerprint density at radius 3 is 2.36 bits per heavy atom. The fraction of sp³-hybridized carbons (Fsp3) is 0.529. The van der Waals surface area contributed by atoms with Crippen LogP contribution in [-0.4, -0.2) is 29.1 Å². The van der Waals surface area contributed by atoms with E-state index in [1.54, 1.807) is 0 Å². The molecule has 0 spiro atoms. The van der Waals surface area contributed by atoms with Crippen molar-refractivity contribution < 1.29 is 14.7 Å². The minimum Gasteiger partial charge on any atom is -0.391 e. The van der Waals surface area contributed by atoms with Gasteiger partial charge in [-0.25, -0.2) is 0 Å². The molecule has 0 bridgehead atoms. The molecular formula is C17H24N2O3. The molecule has 5 nitrogen and oxygen atoms in total. The predicted octanol–water partition coefficient (Wildman–Crippen LogP) is 2.05. The molecule has 1 aromatic carbocycles. The summed E-state index contributed by atoms with van der Waals surface area (Å²) in [5.74, 6) is -0.680. The van der Waals surface area contributed by atoms with Crippen LogP contribution in [0.2, 0.25) is 0 Å². The van der Waals surface area contributed by atoms with E-state index in [-0.39, 0.29) is 24.3 Å². The Morgan fingerprint density at radius 2 is 1.73 bits per heavy atom. The molecule has 22 heavy (non-hydrogen) atoms. The van der Waals surface area contributed by atoms with Crippen molar-refractivity contribution in [1.29, 1.82) is 0 Å². The Labute approximate surface area is 131 Å². The molecule has 2 amide bonds. The topological polar surface area (TPSA) is 78.4 Å². The first-order chi connectivity index (χ1) is 10.4. The van der Waals surface area contributed by atoms with Crippen LogP contribution >= 0.6 is 0 Å². The van der Waals surface area contributed by atoms with Gasteiger partial charge in [0, 0.05) is 5.69 Å². The number of hydrogen-bond acceptors (Lipinski definition) is 3. The largest absolute Gasteiger partial charge is 0.391 e. The maximum absolute atomic E-state index is 11.9. The van der Waals surface area contributed by atoms with Gasteiger partial charge in [0.15, 0.2) is 0 Å². The van der Waals surface area contributed by atoms with Crippen molar-refractivity contribution in [2.45, 2.75) is 58.1 Å². The van der Waals surface area contributed by atoms with Crippen molar-refractivity contribution in [1.82, 2.24) is 5.32 Å². The lowest BCUT2D eigenvalue weighted by Gasteiger charge is -2.28. The van der Waals surface area contributed by atoms with Gasteiger partial charge in [0.1, 0.15) is 6.42 Å². The van der Waals surface area contributed by atoms with Crippen molar-refractivity contribution in [2.75, 3.05) is 5.32 Å². The summed E-state index contributed by atoms with van der Waals surface area (Å²) in [4.78, 5) is 23.8.